The minimum absolute atomic E-state index is 0.637. The molecule has 3 unspecified atom stereocenters. The van der Waals surface area contributed by atoms with Crippen molar-refractivity contribution in [2.24, 2.45) is 23.5 Å². The minimum Gasteiger partial charge on any atom is -0.330 e. The predicted molar refractivity (Wildman–Crippen MR) is 88.4 cm³/mol. The molecule has 1 aliphatic carbocycles. The van der Waals surface area contributed by atoms with Crippen LogP contribution in [-0.4, -0.2) is 6.54 Å². The Bertz CT molecular complexity index is 433. The average Bonchev–Trinajstić information content (AvgIpc) is 2.44. The van der Waals surface area contributed by atoms with Gasteiger partial charge in [-0.1, -0.05) is 55.5 Å². The highest BCUT2D eigenvalue weighted by Gasteiger charge is 2.29. The molecule has 20 heavy (non-hydrogen) atoms. The first-order chi connectivity index (χ1) is 9.63. The maximum absolute atomic E-state index is 6.12. The smallest absolute Gasteiger partial charge is 0.0595 e. The third kappa shape index (κ3) is 4.13. The first kappa shape index (κ1) is 16.1. The van der Waals surface area contributed by atoms with Gasteiger partial charge in [0.2, 0.25) is 0 Å². The van der Waals surface area contributed by atoms with Crippen LogP contribution in [0, 0.1) is 17.8 Å². The predicted octanol–water partition coefficient (Wildman–Crippen LogP) is 5.33. The highest BCUT2D eigenvalue weighted by Crippen LogP contribution is 2.38. The average molecular weight is 314 g/mol. The summed E-state index contributed by atoms with van der Waals surface area (Å²) in [5.41, 5.74) is 7.27. The summed E-state index contributed by atoms with van der Waals surface area (Å²) in [6.07, 6.45) is 7.68. The Morgan fingerprint density at radius 3 is 2.60 bits per heavy atom. The fraction of sp³-hybridized carbons (Fsp3) is 0.647. The Labute approximate surface area is 132 Å². The van der Waals surface area contributed by atoms with Crippen molar-refractivity contribution in [2.45, 2.75) is 45.4 Å². The molecule has 1 aliphatic rings. The third-order valence-electron chi connectivity index (χ3n) is 4.73. The van der Waals surface area contributed by atoms with Crippen molar-refractivity contribution in [2.75, 3.05) is 6.54 Å². The van der Waals surface area contributed by atoms with E-state index in [4.69, 9.17) is 28.9 Å². The zero-order valence-electron chi connectivity index (χ0n) is 12.2. The van der Waals surface area contributed by atoms with E-state index in [2.05, 4.69) is 13.0 Å². The number of hydrogen-bond donors (Lipinski definition) is 1. The summed E-state index contributed by atoms with van der Waals surface area (Å²) >= 11 is 12.1. The molecule has 112 valence electrons. The van der Waals surface area contributed by atoms with Crippen molar-refractivity contribution in [1.29, 1.82) is 0 Å². The van der Waals surface area contributed by atoms with Gasteiger partial charge in [-0.3, -0.25) is 0 Å². The molecule has 0 bridgehead atoms. The van der Waals surface area contributed by atoms with Gasteiger partial charge < -0.3 is 5.73 Å². The van der Waals surface area contributed by atoms with Crippen LogP contribution < -0.4 is 5.73 Å². The van der Waals surface area contributed by atoms with Crippen LogP contribution in [0.15, 0.2) is 18.2 Å². The van der Waals surface area contributed by atoms with Crippen molar-refractivity contribution in [3.05, 3.63) is 33.8 Å². The quantitative estimate of drug-likeness (QED) is 0.781. The van der Waals surface area contributed by atoms with Gasteiger partial charge in [0.05, 0.1) is 10.0 Å². The number of benzene rings is 1. The van der Waals surface area contributed by atoms with Crippen molar-refractivity contribution in [1.82, 2.24) is 0 Å². The van der Waals surface area contributed by atoms with Gasteiger partial charge in [0.1, 0.15) is 0 Å². The lowest BCUT2D eigenvalue weighted by Gasteiger charge is -2.36. The van der Waals surface area contributed by atoms with E-state index in [0.29, 0.717) is 21.9 Å². The van der Waals surface area contributed by atoms with Crippen LogP contribution in [-0.2, 0) is 6.42 Å². The largest absolute Gasteiger partial charge is 0.330 e. The molecule has 2 rings (SSSR count). The minimum atomic E-state index is 0.637. The summed E-state index contributed by atoms with van der Waals surface area (Å²) in [6, 6.07) is 6.02. The van der Waals surface area contributed by atoms with E-state index >= 15 is 0 Å². The second-order valence-corrected chi connectivity index (χ2v) is 6.99. The standard InChI is InChI=1S/C17H25Cl2N/c1-2-3-12-4-6-14(11-20)15(8-12)9-13-5-7-16(18)17(19)10-13/h5,7,10,12,14-15H,2-4,6,8-9,11,20H2,1H3. The molecule has 3 heteroatoms. The first-order valence-corrected chi connectivity index (χ1v) is 8.53. The maximum Gasteiger partial charge on any atom is 0.0595 e. The van der Waals surface area contributed by atoms with Gasteiger partial charge in [-0.05, 0) is 61.3 Å². The van der Waals surface area contributed by atoms with Crippen LogP contribution in [0.2, 0.25) is 10.0 Å². The monoisotopic (exact) mass is 313 g/mol. The Kier molecular flexibility index (Phi) is 6.20. The molecule has 0 saturated heterocycles. The van der Waals surface area contributed by atoms with E-state index < -0.39 is 0 Å². The molecule has 1 saturated carbocycles. The highest BCUT2D eigenvalue weighted by atomic mass is 35.5. The number of rotatable bonds is 5. The second kappa shape index (κ2) is 7.68. The fourth-order valence-corrected chi connectivity index (χ4v) is 3.94. The van der Waals surface area contributed by atoms with Gasteiger partial charge in [-0.15, -0.1) is 0 Å². The summed E-state index contributed by atoms with van der Waals surface area (Å²) in [4.78, 5) is 0. The molecule has 0 spiro atoms. The summed E-state index contributed by atoms with van der Waals surface area (Å²) in [7, 11) is 0. The van der Waals surface area contributed by atoms with Crippen LogP contribution in [0.3, 0.4) is 0 Å². The third-order valence-corrected chi connectivity index (χ3v) is 5.47. The van der Waals surface area contributed by atoms with Gasteiger partial charge >= 0.3 is 0 Å². The molecule has 1 aromatic rings. The van der Waals surface area contributed by atoms with Gasteiger partial charge in [-0.25, -0.2) is 0 Å². The Morgan fingerprint density at radius 2 is 1.95 bits per heavy atom. The lowest BCUT2D eigenvalue weighted by molar-refractivity contribution is 0.175. The number of hydrogen-bond acceptors (Lipinski definition) is 1. The molecule has 0 amide bonds. The number of nitrogens with two attached hydrogens (primary N) is 1. The molecule has 0 aliphatic heterocycles. The summed E-state index contributed by atoms with van der Waals surface area (Å²) in [5.74, 6) is 2.25. The molecule has 1 aromatic carbocycles. The van der Waals surface area contributed by atoms with Crippen molar-refractivity contribution in [3.8, 4) is 0 Å². The molecule has 2 N–H and O–H groups in total. The van der Waals surface area contributed by atoms with E-state index in [9.17, 15) is 0 Å². The first-order valence-electron chi connectivity index (χ1n) is 7.78. The molecule has 0 heterocycles. The van der Waals surface area contributed by atoms with Crippen LogP contribution in [0.4, 0.5) is 0 Å². The summed E-state index contributed by atoms with van der Waals surface area (Å²) < 4.78 is 0. The van der Waals surface area contributed by atoms with Gasteiger partial charge in [-0.2, -0.15) is 0 Å². The molecular weight excluding hydrogens is 289 g/mol. The normalized spacial score (nSPS) is 26.7. The summed E-state index contributed by atoms with van der Waals surface area (Å²) in [6.45, 7) is 3.09. The van der Waals surface area contributed by atoms with Crippen molar-refractivity contribution >= 4 is 23.2 Å². The molecular formula is C17H25Cl2N. The zero-order chi connectivity index (χ0) is 14.5. The van der Waals surface area contributed by atoms with Crippen molar-refractivity contribution in [3.63, 3.8) is 0 Å². The van der Waals surface area contributed by atoms with Crippen LogP contribution in [0.5, 0.6) is 0 Å². The zero-order valence-corrected chi connectivity index (χ0v) is 13.8. The molecule has 0 aromatic heterocycles. The molecule has 1 fully saturated rings. The Morgan fingerprint density at radius 1 is 1.15 bits per heavy atom. The van der Waals surface area contributed by atoms with E-state index in [-0.39, 0.29) is 0 Å². The molecule has 0 radical (unpaired) electrons. The summed E-state index contributed by atoms with van der Waals surface area (Å²) in [5, 5.41) is 1.30. The highest BCUT2D eigenvalue weighted by molar-refractivity contribution is 6.42. The van der Waals surface area contributed by atoms with E-state index in [0.717, 1.165) is 18.9 Å². The van der Waals surface area contributed by atoms with Crippen LogP contribution >= 0.6 is 23.2 Å². The molecule has 1 nitrogen and oxygen atoms in total. The molecule has 3 atom stereocenters. The van der Waals surface area contributed by atoms with Gasteiger partial charge in [0, 0.05) is 0 Å². The van der Waals surface area contributed by atoms with E-state index in [1.54, 1.807) is 0 Å². The topological polar surface area (TPSA) is 26.0 Å². The van der Waals surface area contributed by atoms with Crippen molar-refractivity contribution < 1.29 is 0 Å². The van der Waals surface area contributed by atoms with Crippen LogP contribution in [0.25, 0.3) is 0 Å². The lowest BCUT2D eigenvalue weighted by Crippen LogP contribution is -2.31. The maximum atomic E-state index is 6.12. The second-order valence-electron chi connectivity index (χ2n) is 6.18. The van der Waals surface area contributed by atoms with Crippen LogP contribution in [0.1, 0.15) is 44.6 Å². The lowest BCUT2D eigenvalue weighted by atomic mass is 9.70. The van der Waals surface area contributed by atoms with E-state index in [1.165, 1.54) is 37.7 Å². The number of halogens is 2. The van der Waals surface area contributed by atoms with Gasteiger partial charge in [0.15, 0.2) is 0 Å². The Hall–Kier alpha value is -0.240. The van der Waals surface area contributed by atoms with Gasteiger partial charge in [0.25, 0.3) is 0 Å². The SMILES string of the molecule is CCCC1CCC(CN)C(Cc2ccc(Cl)c(Cl)c2)C1. The Balaban J connectivity index is 2.04. The fourth-order valence-electron chi connectivity index (χ4n) is 3.62. The van der Waals surface area contributed by atoms with E-state index in [1.807, 2.05) is 12.1 Å².